The highest BCUT2D eigenvalue weighted by Crippen LogP contribution is 2.37. The highest BCUT2D eigenvalue weighted by Gasteiger charge is 2.15. The van der Waals surface area contributed by atoms with Crippen LogP contribution in [0.3, 0.4) is 0 Å². The molecule has 2 aromatic carbocycles. The summed E-state index contributed by atoms with van der Waals surface area (Å²) in [6.45, 7) is 22.2. The van der Waals surface area contributed by atoms with Gasteiger partial charge in [-0.1, -0.05) is 96.8 Å². The van der Waals surface area contributed by atoms with Gasteiger partial charge in [0.05, 0.1) is 35.2 Å². The van der Waals surface area contributed by atoms with Gasteiger partial charge in [0, 0.05) is 0 Å². The Morgan fingerprint density at radius 2 is 0.861 bits per heavy atom. The van der Waals surface area contributed by atoms with Crippen LogP contribution in [0.4, 0.5) is 11.4 Å². The summed E-state index contributed by atoms with van der Waals surface area (Å²) >= 11 is 0. The van der Waals surface area contributed by atoms with Gasteiger partial charge in [0.2, 0.25) is 0 Å². The molecule has 1 aromatic heterocycles. The van der Waals surface area contributed by atoms with Gasteiger partial charge in [-0.3, -0.25) is 9.98 Å². The average molecular weight is 482 g/mol. The van der Waals surface area contributed by atoms with Gasteiger partial charge in [-0.25, -0.2) is 4.98 Å². The van der Waals surface area contributed by atoms with Gasteiger partial charge in [-0.2, -0.15) is 0 Å². The lowest BCUT2D eigenvalue weighted by Gasteiger charge is -2.18. The maximum absolute atomic E-state index is 4.97. The Labute approximate surface area is 218 Å². The highest BCUT2D eigenvalue weighted by atomic mass is 14.8. The molecular weight excluding hydrogens is 438 g/mol. The van der Waals surface area contributed by atoms with Crippen LogP contribution in [-0.4, -0.2) is 17.4 Å². The molecule has 0 amide bonds. The van der Waals surface area contributed by atoms with Gasteiger partial charge in [-0.15, -0.1) is 0 Å². The molecule has 36 heavy (non-hydrogen) atoms. The fourth-order valence-corrected chi connectivity index (χ4v) is 4.60. The number of pyridine rings is 1. The summed E-state index contributed by atoms with van der Waals surface area (Å²) in [6, 6.07) is 15.1. The van der Waals surface area contributed by atoms with E-state index in [2.05, 4.69) is 93.5 Å². The Bertz CT molecular complexity index is 1110. The largest absolute Gasteiger partial charge is 0.254 e. The predicted molar refractivity (Wildman–Crippen MR) is 157 cm³/mol. The van der Waals surface area contributed by atoms with Crippen molar-refractivity contribution < 1.29 is 0 Å². The molecule has 0 spiro atoms. The Morgan fingerprint density at radius 1 is 0.556 bits per heavy atom. The van der Waals surface area contributed by atoms with Crippen molar-refractivity contribution in [2.75, 3.05) is 0 Å². The van der Waals surface area contributed by atoms with Crippen LogP contribution in [0.2, 0.25) is 0 Å². The minimum absolute atomic E-state index is 0.404. The van der Waals surface area contributed by atoms with Gasteiger partial charge in [0.25, 0.3) is 0 Å². The molecule has 3 nitrogen and oxygen atoms in total. The minimum atomic E-state index is 0.404. The molecule has 3 rings (SSSR count). The SMILES string of the molecule is Cc1cc(C(C)C)c(/N=C/c2cccc(/C=N/c3c(C(C)C)cc(C)cc3C(C)C)n2)c(C(C)C)c1. The molecule has 0 radical (unpaired) electrons. The van der Waals surface area contributed by atoms with Crippen molar-refractivity contribution in [1.82, 2.24) is 4.98 Å². The zero-order chi connectivity index (χ0) is 26.6. The number of aryl methyl sites for hydroxylation is 2. The zero-order valence-corrected chi connectivity index (χ0v) is 23.8. The maximum Gasteiger partial charge on any atom is 0.0820 e. The second-order valence-corrected chi connectivity index (χ2v) is 11.2. The molecular formula is C33H43N3. The molecule has 0 atom stereocenters. The van der Waals surface area contributed by atoms with Crippen molar-refractivity contribution >= 4 is 23.8 Å². The Morgan fingerprint density at radius 3 is 1.14 bits per heavy atom. The summed E-state index contributed by atoms with van der Waals surface area (Å²) in [6.07, 6.45) is 3.79. The number of rotatable bonds is 8. The van der Waals surface area contributed by atoms with E-state index in [1.807, 2.05) is 30.6 Å². The molecule has 3 heteroatoms. The minimum Gasteiger partial charge on any atom is -0.254 e. The van der Waals surface area contributed by atoms with E-state index >= 15 is 0 Å². The first-order valence-electron chi connectivity index (χ1n) is 13.3. The lowest BCUT2D eigenvalue weighted by Crippen LogP contribution is -1.99. The summed E-state index contributed by atoms with van der Waals surface area (Å²) in [4.78, 5) is 14.8. The summed E-state index contributed by atoms with van der Waals surface area (Å²) in [5.74, 6) is 1.61. The van der Waals surface area contributed by atoms with Crippen molar-refractivity contribution in [1.29, 1.82) is 0 Å². The van der Waals surface area contributed by atoms with Crippen molar-refractivity contribution in [3.63, 3.8) is 0 Å². The maximum atomic E-state index is 4.97. The molecule has 0 aliphatic carbocycles. The fourth-order valence-electron chi connectivity index (χ4n) is 4.60. The van der Waals surface area contributed by atoms with E-state index in [0.717, 1.165) is 22.8 Å². The van der Waals surface area contributed by atoms with Crippen LogP contribution in [-0.2, 0) is 0 Å². The van der Waals surface area contributed by atoms with E-state index in [9.17, 15) is 0 Å². The lowest BCUT2D eigenvalue weighted by molar-refractivity contribution is 0.832. The van der Waals surface area contributed by atoms with E-state index in [1.165, 1.54) is 33.4 Å². The number of aliphatic imine (C=N–C) groups is 2. The molecule has 0 bridgehead atoms. The fraction of sp³-hybridized carbons (Fsp3) is 0.424. The molecule has 0 aliphatic heterocycles. The average Bonchev–Trinajstić information content (AvgIpc) is 2.81. The summed E-state index contributed by atoms with van der Waals surface area (Å²) in [7, 11) is 0. The Kier molecular flexibility index (Phi) is 9.00. The molecule has 0 unspecified atom stereocenters. The first kappa shape index (κ1) is 27.5. The third-order valence-corrected chi connectivity index (χ3v) is 6.56. The number of benzene rings is 2. The summed E-state index contributed by atoms with van der Waals surface area (Å²) in [5.41, 5.74) is 11.5. The van der Waals surface area contributed by atoms with Gasteiger partial charge >= 0.3 is 0 Å². The van der Waals surface area contributed by atoms with Crippen LogP contribution in [0, 0.1) is 13.8 Å². The van der Waals surface area contributed by atoms with Gasteiger partial charge in [0.1, 0.15) is 0 Å². The number of aromatic nitrogens is 1. The number of hydrogen-bond donors (Lipinski definition) is 0. The van der Waals surface area contributed by atoms with E-state index in [-0.39, 0.29) is 0 Å². The van der Waals surface area contributed by atoms with E-state index in [1.54, 1.807) is 0 Å². The van der Waals surface area contributed by atoms with Gasteiger partial charge in [0.15, 0.2) is 0 Å². The molecule has 0 N–H and O–H groups in total. The molecule has 0 saturated heterocycles. The molecule has 1 heterocycles. The van der Waals surface area contributed by atoms with Crippen LogP contribution in [0.5, 0.6) is 0 Å². The van der Waals surface area contributed by atoms with Crippen LogP contribution < -0.4 is 0 Å². The van der Waals surface area contributed by atoms with Crippen molar-refractivity contribution in [2.45, 2.75) is 92.9 Å². The van der Waals surface area contributed by atoms with E-state index in [4.69, 9.17) is 15.0 Å². The predicted octanol–water partition coefficient (Wildman–Crippen LogP) is 9.69. The smallest absolute Gasteiger partial charge is 0.0820 e. The Balaban J connectivity index is 2.00. The second kappa shape index (κ2) is 11.8. The van der Waals surface area contributed by atoms with Crippen LogP contribution in [0.1, 0.15) is 124 Å². The number of hydrogen-bond acceptors (Lipinski definition) is 3. The molecule has 0 fully saturated rings. The van der Waals surface area contributed by atoms with E-state index < -0.39 is 0 Å². The van der Waals surface area contributed by atoms with Crippen molar-refractivity contribution in [2.24, 2.45) is 9.98 Å². The summed E-state index contributed by atoms with van der Waals surface area (Å²) < 4.78 is 0. The first-order valence-corrected chi connectivity index (χ1v) is 13.3. The zero-order valence-electron chi connectivity index (χ0n) is 23.8. The quantitative estimate of drug-likeness (QED) is 0.295. The standard InChI is InChI=1S/C33H43N3/c1-20(2)28-14-24(9)15-29(21(3)4)32(28)34-18-26-12-11-13-27(36-26)19-35-33-30(22(5)6)16-25(10)17-31(33)23(7)8/h11-23H,1-10H3/b34-18+,35-19+. The highest BCUT2D eigenvalue weighted by molar-refractivity contribution is 5.85. The van der Waals surface area contributed by atoms with E-state index in [0.29, 0.717) is 23.7 Å². The van der Waals surface area contributed by atoms with Crippen molar-refractivity contribution in [3.05, 3.63) is 87.2 Å². The monoisotopic (exact) mass is 481 g/mol. The molecule has 190 valence electrons. The summed E-state index contributed by atoms with van der Waals surface area (Å²) in [5, 5.41) is 0. The topological polar surface area (TPSA) is 37.6 Å². The molecule has 0 aliphatic rings. The Hall–Kier alpha value is -3.07. The third kappa shape index (κ3) is 6.57. The molecule has 0 saturated carbocycles. The first-order chi connectivity index (χ1) is 17.0. The second-order valence-electron chi connectivity index (χ2n) is 11.2. The third-order valence-electron chi connectivity index (χ3n) is 6.56. The number of nitrogens with zero attached hydrogens (tertiary/aromatic N) is 3. The molecule has 3 aromatic rings. The van der Waals surface area contributed by atoms with Crippen LogP contribution in [0.15, 0.2) is 52.4 Å². The normalized spacial score (nSPS) is 12.4. The van der Waals surface area contributed by atoms with Crippen molar-refractivity contribution in [3.8, 4) is 0 Å². The van der Waals surface area contributed by atoms with Gasteiger partial charge < -0.3 is 0 Å². The van der Waals surface area contributed by atoms with Gasteiger partial charge in [-0.05, 0) is 71.9 Å². The van der Waals surface area contributed by atoms with Crippen LogP contribution >= 0.6 is 0 Å². The lowest BCUT2D eigenvalue weighted by atomic mass is 9.91. The van der Waals surface area contributed by atoms with Crippen LogP contribution in [0.25, 0.3) is 0 Å².